The third-order valence-electron chi connectivity index (χ3n) is 6.37. The summed E-state index contributed by atoms with van der Waals surface area (Å²) in [6.07, 6.45) is -4.33. The van der Waals surface area contributed by atoms with Gasteiger partial charge in [-0.1, -0.05) is 0 Å². The monoisotopic (exact) mass is 644 g/mol. The van der Waals surface area contributed by atoms with Gasteiger partial charge >= 0.3 is 6.18 Å². The summed E-state index contributed by atoms with van der Waals surface area (Å²) in [5, 5.41) is 28.5. The second kappa shape index (κ2) is 11.5. The van der Waals surface area contributed by atoms with Crippen LogP contribution >= 0.6 is 0 Å². The Morgan fingerprint density at radius 1 is 0.696 bits per heavy atom. The average Bonchev–Trinajstić information content (AvgIpc) is 3.73. The molecule has 0 aliphatic heterocycles. The van der Waals surface area contributed by atoms with E-state index in [1.54, 1.807) is 0 Å². The Labute approximate surface area is 248 Å². The molecule has 3 aromatic rings. The van der Waals surface area contributed by atoms with Gasteiger partial charge in [0.15, 0.2) is 46.5 Å². The molecule has 4 rings (SSSR count). The molecular weight excluding hydrogens is 641 g/mol. The van der Waals surface area contributed by atoms with Crippen molar-refractivity contribution < 1.29 is 48.3 Å². The first-order valence-electron chi connectivity index (χ1n) is 11.6. The van der Waals surface area contributed by atoms with E-state index in [1.165, 1.54) is 0 Å². The van der Waals surface area contributed by atoms with Crippen LogP contribution in [-0.4, -0.2) is 4.98 Å². The lowest BCUT2D eigenvalue weighted by Gasteiger charge is -2.11. The molecule has 0 amide bonds. The predicted molar refractivity (Wildman–Crippen MR) is 131 cm³/mol. The van der Waals surface area contributed by atoms with Gasteiger partial charge in [-0.3, -0.25) is 4.98 Å². The van der Waals surface area contributed by atoms with Gasteiger partial charge in [-0.2, -0.15) is 29.0 Å². The smallest absolute Gasteiger partial charge is 0.264 e. The summed E-state index contributed by atoms with van der Waals surface area (Å²) < 4.78 is 160. The Hall–Kier alpha value is -6.51. The number of nitriles is 3. The molecule has 1 fully saturated rings. The Bertz CT molecular complexity index is 2050. The van der Waals surface area contributed by atoms with Gasteiger partial charge in [-0.05, 0) is 28.3 Å². The summed E-state index contributed by atoms with van der Waals surface area (Å²) in [7, 11) is 0. The van der Waals surface area contributed by atoms with Gasteiger partial charge in [-0.15, -0.1) is 0 Å². The average molecular weight is 644 g/mol. The SMILES string of the molecule is [C-]#[N+]/C(=C1/C(=C(\C#N)c2c(F)c(F)c(C#N)c(F)c2F)/C1=C(\C#N)c1c(F)c(F)c([N+]#[C-])c(F)c1F)c1ccncc1C(F)(F)F. The molecule has 0 unspecified atom stereocenters. The second-order valence-electron chi connectivity index (χ2n) is 8.69. The number of benzene rings is 2. The topological polar surface area (TPSA) is 93.0 Å². The summed E-state index contributed by atoms with van der Waals surface area (Å²) in [4.78, 5) is 8.45. The molecule has 0 atom stereocenters. The zero-order valence-electron chi connectivity index (χ0n) is 21.6. The van der Waals surface area contributed by atoms with Crippen LogP contribution in [-0.2, 0) is 6.18 Å². The molecule has 0 N–H and O–H groups in total. The highest BCUT2D eigenvalue weighted by atomic mass is 19.4. The molecule has 1 saturated carbocycles. The minimum absolute atomic E-state index is 0.213. The van der Waals surface area contributed by atoms with Gasteiger partial charge in [0.05, 0.1) is 41.0 Å². The lowest BCUT2D eigenvalue weighted by Crippen LogP contribution is -2.09. The second-order valence-corrected chi connectivity index (χ2v) is 8.69. The van der Waals surface area contributed by atoms with Crippen molar-refractivity contribution in [2.75, 3.05) is 0 Å². The van der Waals surface area contributed by atoms with E-state index in [0.29, 0.717) is 6.07 Å². The molecule has 0 bridgehead atoms. The van der Waals surface area contributed by atoms with Crippen molar-refractivity contribution in [1.82, 2.24) is 4.98 Å². The van der Waals surface area contributed by atoms with Gasteiger partial charge < -0.3 is 0 Å². The number of pyridine rings is 1. The van der Waals surface area contributed by atoms with E-state index in [-0.39, 0.29) is 6.20 Å². The van der Waals surface area contributed by atoms with Gasteiger partial charge in [0, 0.05) is 12.4 Å². The van der Waals surface area contributed by atoms with Crippen LogP contribution in [0.2, 0.25) is 0 Å². The Kier molecular flexibility index (Phi) is 8.12. The fraction of sp³-hybridized carbons (Fsp3) is 0.0345. The van der Waals surface area contributed by atoms with Crippen LogP contribution < -0.4 is 0 Å². The maximum atomic E-state index is 15.0. The Morgan fingerprint density at radius 3 is 1.52 bits per heavy atom. The minimum Gasteiger partial charge on any atom is -0.264 e. The summed E-state index contributed by atoms with van der Waals surface area (Å²) in [5.41, 5.74) is -18.0. The fourth-order valence-electron chi connectivity index (χ4n) is 4.36. The van der Waals surface area contributed by atoms with Crippen LogP contribution in [0.3, 0.4) is 0 Å². The van der Waals surface area contributed by atoms with E-state index < -0.39 is 120 Å². The number of aromatic nitrogens is 1. The van der Waals surface area contributed by atoms with Crippen molar-refractivity contribution in [2.45, 2.75) is 6.18 Å². The van der Waals surface area contributed by atoms with Crippen molar-refractivity contribution in [3.8, 4) is 18.2 Å². The van der Waals surface area contributed by atoms with Crippen molar-refractivity contribution in [2.24, 2.45) is 0 Å². The summed E-state index contributed by atoms with van der Waals surface area (Å²) >= 11 is 0. The Morgan fingerprint density at radius 2 is 1.15 bits per heavy atom. The molecule has 0 spiro atoms. The van der Waals surface area contributed by atoms with E-state index in [2.05, 4.69) is 14.7 Å². The van der Waals surface area contributed by atoms with Crippen LogP contribution in [0.15, 0.2) is 35.2 Å². The van der Waals surface area contributed by atoms with Crippen molar-refractivity contribution in [1.29, 1.82) is 15.8 Å². The first-order valence-corrected chi connectivity index (χ1v) is 11.6. The molecule has 1 aliphatic rings. The van der Waals surface area contributed by atoms with Gasteiger partial charge in [-0.25, -0.2) is 44.8 Å². The van der Waals surface area contributed by atoms with E-state index in [0.717, 1.165) is 24.4 Å². The number of nitrogens with zero attached hydrogens (tertiary/aromatic N) is 6. The normalized spacial score (nSPS) is 15.5. The third kappa shape index (κ3) is 4.75. The van der Waals surface area contributed by atoms with E-state index in [1.807, 2.05) is 0 Å². The zero-order chi connectivity index (χ0) is 34.4. The molecule has 0 radical (unpaired) electrons. The third-order valence-corrected chi connectivity index (χ3v) is 6.37. The fourth-order valence-corrected chi connectivity index (χ4v) is 4.36. The summed E-state index contributed by atoms with van der Waals surface area (Å²) in [6.45, 7) is 14.3. The van der Waals surface area contributed by atoms with E-state index in [4.69, 9.17) is 18.4 Å². The summed E-state index contributed by atoms with van der Waals surface area (Å²) in [6, 6.07) is 3.56. The summed E-state index contributed by atoms with van der Waals surface area (Å²) in [5.74, 6) is -19.0. The highest BCUT2D eigenvalue weighted by molar-refractivity contribution is 6.11. The molecule has 1 aliphatic carbocycles. The molecule has 1 heterocycles. The van der Waals surface area contributed by atoms with E-state index in [9.17, 15) is 41.3 Å². The van der Waals surface area contributed by atoms with Crippen LogP contribution in [0.1, 0.15) is 27.8 Å². The lowest BCUT2D eigenvalue weighted by molar-refractivity contribution is -0.138. The quantitative estimate of drug-likeness (QED) is 0.124. The van der Waals surface area contributed by atoms with E-state index >= 15 is 17.6 Å². The zero-order valence-corrected chi connectivity index (χ0v) is 21.6. The maximum Gasteiger partial charge on any atom is 0.417 e. The van der Waals surface area contributed by atoms with Crippen molar-refractivity contribution >= 4 is 22.5 Å². The number of alkyl halides is 3. The van der Waals surface area contributed by atoms with Gasteiger partial charge in [0.2, 0.25) is 5.70 Å². The molecule has 6 nitrogen and oxygen atoms in total. The number of hydrogen-bond donors (Lipinski definition) is 0. The van der Waals surface area contributed by atoms with Gasteiger partial charge in [0.1, 0.15) is 23.8 Å². The standard InChI is InChI=1S/C29H3F11N6/c1-44-27(9-3-4-46-8-13(9)29(38,39)40)18-14(10(5-41)16-21(32)19(30)12(7-43)20(31)22(16)33)15(18)11(6-42)17-23(34)25(36)28(45-2)26(37)24(17)35/h3-4,8H/b14-10+,15-11-,27-18-. The van der Waals surface area contributed by atoms with Crippen LogP contribution in [0.25, 0.3) is 26.5 Å². The highest BCUT2D eigenvalue weighted by Gasteiger charge is 2.46. The van der Waals surface area contributed by atoms with Crippen LogP contribution in [0.5, 0.6) is 0 Å². The Balaban J connectivity index is 2.33. The lowest BCUT2D eigenvalue weighted by atomic mass is 9.99. The predicted octanol–water partition coefficient (Wildman–Crippen LogP) is 8.23. The number of rotatable bonds is 3. The molecule has 2 aromatic carbocycles. The number of allylic oxidation sites excluding steroid dienone is 5. The molecule has 0 saturated heterocycles. The van der Waals surface area contributed by atoms with Crippen LogP contribution in [0, 0.1) is 93.7 Å². The largest absolute Gasteiger partial charge is 0.417 e. The maximum absolute atomic E-state index is 15.0. The first-order chi connectivity index (χ1) is 21.6. The van der Waals surface area contributed by atoms with Crippen LogP contribution in [0.4, 0.5) is 54.0 Å². The first kappa shape index (κ1) is 32.4. The van der Waals surface area contributed by atoms with Gasteiger partial charge in [0.25, 0.3) is 5.69 Å². The molecule has 226 valence electrons. The molecule has 46 heavy (non-hydrogen) atoms. The minimum atomic E-state index is -5.27. The molecular formula is C29H3F11N6. The highest BCUT2D eigenvalue weighted by Crippen LogP contribution is 2.58. The van der Waals surface area contributed by atoms with Crippen molar-refractivity contribution in [3.63, 3.8) is 0 Å². The molecule has 17 heteroatoms. The number of hydrogen-bond acceptors (Lipinski definition) is 4. The molecule has 1 aromatic heterocycles. The van der Waals surface area contributed by atoms with Crippen molar-refractivity contribution in [3.05, 3.63) is 132 Å². The number of halogens is 11.